The molecule has 1 amide bonds. The number of carbonyl (C=O) groups is 1. The molecule has 1 N–H and O–H groups in total. The monoisotopic (exact) mass is 453 g/mol. The molecule has 1 saturated heterocycles. The van der Waals surface area contributed by atoms with E-state index in [1.165, 1.54) is 23.3 Å². The summed E-state index contributed by atoms with van der Waals surface area (Å²) >= 11 is 0. The average molecular weight is 454 g/mol. The molecule has 1 atom stereocenters. The molecule has 2 aromatic rings. The fourth-order valence-electron chi connectivity index (χ4n) is 5.00. The van der Waals surface area contributed by atoms with Crippen LogP contribution in [0.1, 0.15) is 43.7 Å². The van der Waals surface area contributed by atoms with Gasteiger partial charge in [0.1, 0.15) is 11.6 Å². The molecule has 0 spiro atoms. The molecular weight excluding hydrogens is 417 g/mol. The number of aryl methyl sites for hydroxylation is 1. The van der Waals surface area contributed by atoms with Crippen molar-refractivity contribution >= 4 is 11.6 Å². The van der Waals surface area contributed by atoms with Crippen molar-refractivity contribution in [2.75, 3.05) is 31.6 Å². The Labute approximate surface area is 196 Å². The first-order valence-electron chi connectivity index (χ1n) is 12.1. The number of amides is 1. The average Bonchev–Trinajstić information content (AvgIpc) is 2.81. The fraction of sp³-hybridized carbons (Fsp3) is 0.519. The standard InChI is InChI=1S/C27H36FN3O2/c1-19-16-24(9-4-22(19)18-31-15-14-29-20(2)17-31)30(3)27(32)21-5-10-25(11-6-21)33-26-12-7-23(28)8-13-26/h4,7-9,12-13,16,20-21,25,29H,5-6,10-11,14-15,17-18H2,1-3H3/t20-,21-,25-/m0/s1. The summed E-state index contributed by atoms with van der Waals surface area (Å²) in [5, 5.41) is 3.49. The molecular formula is C27H36FN3O2. The number of ether oxygens (including phenoxy) is 1. The minimum absolute atomic E-state index is 0.0189. The predicted molar refractivity (Wildman–Crippen MR) is 130 cm³/mol. The summed E-state index contributed by atoms with van der Waals surface area (Å²) in [4.78, 5) is 17.5. The number of nitrogens with zero attached hydrogens (tertiary/aromatic N) is 2. The van der Waals surface area contributed by atoms with Crippen molar-refractivity contribution in [3.8, 4) is 5.75 Å². The third kappa shape index (κ3) is 6.12. The third-order valence-corrected chi connectivity index (χ3v) is 7.03. The van der Waals surface area contributed by atoms with E-state index in [2.05, 4.69) is 42.3 Å². The lowest BCUT2D eigenvalue weighted by atomic mass is 9.86. The smallest absolute Gasteiger partial charge is 0.229 e. The molecule has 0 radical (unpaired) electrons. The van der Waals surface area contributed by atoms with E-state index in [1.807, 2.05) is 11.9 Å². The summed E-state index contributed by atoms with van der Waals surface area (Å²) in [6, 6.07) is 13.1. The molecule has 1 heterocycles. The van der Waals surface area contributed by atoms with E-state index < -0.39 is 0 Å². The number of hydrogen-bond acceptors (Lipinski definition) is 4. The maximum atomic E-state index is 13.2. The van der Waals surface area contributed by atoms with Gasteiger partial charge >= 0.3 is 0 Å². The maximum Gasteiger partial charge on any atom is 0.229 e. The largest absolute Gasteiger partial charge is 0.490 e. The molecule has 1 saturated carbocycles. The second kappa shape index (κ2) is 10.7. The van der Waals surface area contributed by atoms with E-state index in [0.717, 1.165) is 57.5 Å². The molecule has 0 unspecified atom stereocenters. The van der Waals surface area contributed by atoms with Gasteiger partial charge in [0.25, 0.3) is 0 Å². The van der Waals surface area contributed by atoms with E-state index in [9.17, 15) is 9.18 Å². The van der Waals surface area contributed by atoms with Gasteiger partial charge in [0.15, 0.2) is 0 Å². The van der Waals surface area contributed by atoms with Gasteiger partial charge in [-0.05, 0) is 87.1 Å². The van der Waals surface area contributed by atoms with Gasteiger partial charge in [-0.15, -0.1) is 0 Å². The number of carbonyl (C=O) groups excluding carboxylic acids is 1. The Morgan fingerprint density at radius 3 is 2.55 bits per heavy atom. The van der Waals surface area contributed by atoms with E-state index in [0.29, 0.717) is 11.8 Å². The predicted octanol–water partition coefficient (Wildman–Crippen LogP) is 4.53. The molecule has 0 aromatic heterocycles. The number of piperazine rings is 1. The van der Waals surface area contributed by atoms with E-state index in [4.69, 9.17) is 4.74 Å². The lowest BCUT2D eigenvalue weighted by molar-refractivity contribution is -0.123. The molecule has 4 rings (SSSR count). The Morgan fingerprint density at radius 2 is 1.88 bits per heavy atom. The zero-order valence-corrected chi connectivity index (χ0v) is 20.0. The van der Waals surface area contributed by atoms with Gasteiger partial charge in [-0.25, -0.2) is 4.39 Å². The van der Waals surface area contributed by atoms with Gasteiger partial charge in [-0.3, -0.25) is 9.69 Å². The van der Waals surface area contributed by atoms with E-state index in [-0.39, 0.29) is 23.7 Å². The van der Waals surface area contributed by atoms with Crippen LogP contribution in [0.25, 0.3) is 0 Å². The number of rotatable bonds is 6. The minimum atomic E-state index is -0.263. The van der Waals surface area contributed by atoms with Crippen LogP contribution in [0.3, 0.4) is 0 Å². The number of hydrogen-bond donors (Lipinski definition) is 1. The molecule has 1 aliphatic heterocycles. The maximum absolute atomic E-state index is 13.2. The number of nitrogens with one attached hydrogen (secondary N) is 1. The van der Waals surface area contributed by atoms with Gasteiger partial charge in [0.05, 0.1) is 6.10 Å². The van der Waals surface area contributed by atoms with Gasteiger partial charge < -0.3 is 15.0 Å². The van der Waals surface area contributed by atoms with E-state index in [1.54, 1.807) is 12.1 Å². The van der Waals surface area contributed by atoms with Gasteiger partial charge in [-0.2, -0.15) is 0 Å². The van der Waals surface area contributed by atoms with Crippen molar-refractivity contribution in [3.05, 3.63) is 59.4 Å². The fourth-order valence-corrected chi connectivity index (χ4v) is 5.00. The topological polar surface area (TPSA) is 44.8 Å². The Kier molecular flexibility index (Phi) is 7.66. The first-order valence-corrected chi connectivity index (χ1v) is 12.1. The van der Waals surface area contributed by atoms with Gasteiger partial charge in [0, 0.05) is 50.9 Å². The highest BCUT2D eigenvalue weighted by atomic mass is 19.1. The molecule has 178 valence electrons. The summed E-state index contributed by atoms with van der Waals surface area (Å²) in [6.45, 7) is 8.48. The van der Waals surface area contributed by atoms with Crippen molar-refractivity contribution in [2.24, 2.45) is 5.92 Å². The van der Waals surface area contributed by atoms with Crippen molar-refractivity contribution < 1.29 is 13.9 Å². The van der Waals surface area contributed by atoms with Crippen LogP contribution in [0.2, 0.25) is 0 Å². The molecule has 5 nitrogen and oxygen atoms in total. The summed E-state index contributed by atoms with van der Waals surface area (Å²) in [7, 11) is 1.88. The molecule has 6 heteroatoms. The van der Waals surface area contributed by atoms with Gasteiger partial charge in [0.2, 0.25) is 5.91 Å². The highest BCUT2D eigenvalue weighted by Crippen LogP contribution is 2.30. The molecule has 0 bridgehead atoms. The molecule has 33 heavy (non-hydrogen) atoms. The van der Waals surface area contributed by atoms with Crippen LogP contribution in [0.4, 0.5) is 10.1 Å². The second-order valence-corrected chi connectivity index (χ2v) is 9.64. The minimum Gasteiger partial charge on any atom is -0.490 e. The van der Waals surface area contributed by atoms with Crippen molar-refractivity contribution in [1.29, 1.82) is 0 Å². The summed E-state index contributed by atoms with van der Waals surface area (Å²) < 4.78 is 19.1. The molecule has 2 fully saturated rings. The highest BCUT2D eigenvalue weighted by Gasteiger charge is 2.30. The van der Waals surface area contributed by atoms with Crippen molar-refractivity contribution in [1.82, 2.24) is 10.2 Å². The second-order valence-electron chi connectivity index (χ2n) is 9.64. The van der Waals surface area contributed by atoms with Crippen LogP contribution in [-0.2, 0) is 11.3 Å². The lowest BCUT2D eigenvalue weighted by Crippen LogP contribution is -2.48. The van der Waals surface area contributed by atoms with Crippen LogP contribution in [0.5, 0.6) is 5.75 Å². The molecule has 2 aromatic carbocycles. The Morgan fingerprint density at radius 1 is 1.15 bits per heavy atom. The Hall–Kier alpha value is -2.44. The van der Waals surface area contributed by atoms with Crippen LogP contribution in [0, 0.1) is 18.7 Å². The summed E-state index contributed by atoms with van der Waals surface area (Å²) in [6.07, 6.45) is 3.38. The number of anilines is 1. The van der Waals surface area contributed by atoms with Crippen molar-refractivity contribution in [3.63, 3.8) is 0 Å². The molecule has 1 aliphatic carbocycles. The molecule has 2 aliphatic rings. The zero-order valence-electron chi connectivity index (χ0n) is 20.0. The third-order valence-electron chi connectivity index (χ3n) is 7.03. The van der Waals surface area contributed by atoms with Crippen LogP contribution >= 0.6 is 0 Å². The van der Waals surface area contributed by atoms with Crippen LogP contribution in [-0.4, -0.2) is 49.6 Å². The SMILES string of the molecule is Cc1cc(N(C)C(=O)[C@H]2CC[C@H](Oc3ccc(F)cc3)CC2)ccc1CN1CCN[C@@H](C)C1. The van der Waals surface area contributed by atoms with E-state index >= 15 is 0 Å². The first-order chi connectivity index (χ1) is 15.9. The summed E-state index contributed by atoms with van der Waals surface area (Å²) in [5.74, 6) is 0.624. The number of halogens is 1. The zero-order chi connectivity index (χ0) is 23.4. The van der Waals surface area contributed by atoms with Gasteiger partial charge in [-0.1, -0.05) is 6.07 Å². The lowest BCUT2D eigenvalue weighted by Gasteiger charge is -2.32. The Balaban J connectivity index is 1.30. The summed E-state index contributed by atoms with van der Waals surface area (Å²) in [5.41, 5.74) is 3.52. The Bertz CT molecular complexity index is 941. The first kappa shape index (κ1) is 23.7. The van der Waals surface area contributed by atoms with Crippen LogP contribution in [0.15, 0.2) is 42.5 Å². The van der Waals surface area contributed by atoms with Crippen LogP contribution < -0.4 is 15.0 Å². The quantitative estimate of drug-likeness (QED) is 0.698. The highest BCUT2D eigenvalue weighted by molar-refractivity contribution is 5.94. The number of benzene rings is 2. The normalized spacial score (nSPS) is 23.8. The van der Waals surface area contributed by atoms with Crippen molar-refractivity contribution in [2.45, 2.75) is 58.2 Å².